The Morgan fingerprint density at radius 2 is 1.23 bits per heavy atom. The summed E-state index contributed by atoms with van der Waals surface area (Å²) in [5.41, 5.74) is 8.45. The molecule has 2 saturated heterocycles. The third-order valence-electron chi connectivity index (χ3n) is 13.6. The molecule has 5 aliphatic rings. The number of hydrogen-bond donors (Lipinski definition) is 5. The van der Waals surface area contributed by atoms with Crippen LogP contribution >= 0.6 is 0 Å². The number of fused-ring (bicyclic) bond motifs is 6. The number of carbonyl (C=O) groups is 3. The van der Waals surface area contributed by atoms with Gasteiger partial charge in [-0.2, -0.15) is 0 Å². The maximum atomic E-state index is 14.0. The van der Waals surface area contributed by atoms with Gasteiger partial charge in [-0.3, -0.25) is 9.59 Å². The molecule has 2 aromatic heterocycles. The number of imidazole rings is 2. The number of rotatable bonds is 9. The van der Waals surface area contributed by atoms with Crippen LogP contribution in [0.5, 0.6) is 0 Å². The molecule has 10 atom stereocenters. The van der Waals surface area contributed by atoms with E-state index in [0.717, 1.165) is 85.3 Å². The summed E-state index contributed by atoms with van der Waals surface area (Å²) in [4.78, 5) is 60.2. The van der Waals surface area contributed by atoms with E-state index in [4.69, 9.17) is 14.7 Å². The molecule has 3 aliphatic carbocycles. The van der Waals surface area contributed by atoms with Crippen LogP contribution in [-0.4, -0.2) is 95.3 Å². The van der Waals surface area contributed by atoms with Crippen LogP contribution in [0.3, 0.4) is 0 Å². The number of aliphatic hydroxyl groups excluding tert-OH is 2. The first-order valence-electron chi connectivity index (χ1n) is 20.3. The molecule has 2 aliphatic heterocycles. The third-order valence-corrected chi connectivity index (χ3v) is 13.6. The number of carbonyl (C=O) groups excluding carboxylic acids is 3. The van der Waals surface area contributed by atoms with E-state index >= 15 is 0 Å². The Morgan fingerprint density at radius 1 is 0.732 bits per heavy atom. The predicted molar refractivity (Wildman–Crippen MR) is 209 cm³/mol. The summed E-state index contributed by atoms with van der Waals surface area (Å²) < 4.78 is 4.74. The quantitative estimate of drug-likeness (QED) is 0.119. The Balaban J connectivity index is 0.930. The molecule has 1 unspecified atom stereocenters. The molecule has 9 rings (SSSR count). The molecule has 4 heterocycles. The lowest BCUT2D eigenvalue weighted by Gasteiger charge is -2.33. The standard InChI is InChI=1S/C43H51N7O6/c1-21(22(2)51)41(53)49-34-9-5-7-26(34)17-36(49)39-44-19-32(46-39)24-11-13-28-30(15-24)29-14-12-25(16-31(28)29)33-20-45-40(47-33)37-18-27-8-6-10-35(27)50(37)42(54)38(23(3)52)48-43(55)56-4/h11-16,19-23,26-27,34-38,51-52H,5-10,17-18H2,1-4H3,(H,44,46)(H,45,47)(H,48,55)/t21-,22+,23+,26-,27-,34-,35-,36?,37-,38-/m0/s1. The van der Waals surface area contributed by atoms with Crippen molar-refractivity contribution >= 4 is 17.9 Å². The van der Waals surface area contributed by atoms with Gasteiger partial charge in [0.25, 0.3) is 0 Å². The topological polar surface area (TPSA) is 177 Å². The minimum atomic E-state index is -1.12. The van der Waals surface area contributed by atoms with Gasteiger partial charge >= 0.3 is 6.09 Å². The second-order valence-corrected chi connectivity index (χ2v) is 16.8. The monoisotopic (exact) mass is 761 g/mol. The maximum Gasteiger partial charge on any atom is 0.407 e. The number of amides is 3. The molecule has 4 fully saturated rings. The van der Waals surface area contributed by atoms with Crippen molar-refractivity contribution in [2.75, 3.05) is 7.11 Å². The fourth-order valence-electron chi connectivity index (χ4n) is 10.5. The van der Waals surface area contributed by atoms with Gasteiger partial charge in [0.05, 0.1) is 61.1 Å². The van der Waals surface area contributed by atoms with Crippen LogP contribution in [-0.2, 0) is 14.3 Å². The van der Waals surface area contributed by atoms with Crippen molar-refractivity contribution in [3.63, 3.8) is 0 Å². The largest absolute Gasteiger partial charge is 0.453 e. The number of likely N-dealkylation sites (tertiary alicyclic amines) is 2. The van der Waals surface area contributed by atoms with Gasteiger partial charge in [-0.25, -0.2) is 14.8 Å². The molecule has 0 spiro atoms. The zero-order valence-electron chi connectivity index (χ0n) is 32.4. The predicted octanol–water partition coefficient (Wildman–Crippen LogP) is 6.12. The van der Waals surface area contributed by atoms with E-state index in [-0.39, 0.29) is 36.0 Å². The van der Waals surface area contributed by atoms with Crippen molar-refractivity contribution < 1.29 is 29.3 Å². The SMILES string of the molecule is COC(=O)N[C@H](C(=O)N1[C@H](c2ncc(-c3ccc4c(c3)-c3ccc(-c5cnc(C6C[C@@H]7CCC[C@@H]7N6C(=O)[C@@H](C)[C@@H](C)O)[nH]5)cc3-4)[nH]2)C[C@@H]2CCC[C@@H]21)[C@@H](C)O. The molecule has 13 heteroatoms. The first-order valence-corrected chi connectivity index (χ1v) is 20.3. The van der Waals surface area contributed by atoms with Crippen LogP contribution in [0, 0.1) is 17.8 Å². The van der Waals surface area contributed by atoms with E-state index in [2.05, 4.69) is 51.7 Å². The lowest BCUT2D eigenvalue weighted by molar-refractivity contribution is -0.142. The number of aliphatic hydroxyl groups is 2. The number of benzene rings is 2. The van der Waals surface area contributed by atoms with Crippen LogP contribution < -0.4 is 5.32 Å². The number of aromatic nitrogens is 4. The number of hydrogen-bond acceptors (Lipinski definition) is 8. The summed E-state index contributed by atoms with van der Waals surface area (Å²) in [5.74, 6) is 1.53. The molecule has 5 N–H and O–H groups in total. The van der Waals surface area contributed by atoms with Crippen molar-refractivity contribution in [2.24, 2.45) is 17.8 Å². The Kier molecular flexibility index (Phi) is 9.27. The zero-order valence-corrected chi connectivity index (χ0v) is 32.4. The van der Waals surface area contributed by atoms with E-state index in [9.17, 15) is 24.6 Å². The highest BCUT2D eigenvalue weighted by Gasteiger charge is 2.50. The molecule has 56 heavy (non-hydrogen) atoms. The van der Waals surface area contributed by atoms with Gasteiger partial charge in [-0.05, 0) is 98.6 Å². The highest BCUT2D eigenvalue weighted by Crippen LogP contribution is 2.51. The van der Waals surface area contributed by atoms with Gasteiger partial charge < -0.3 is 40.0 Å². The van der Waals surface area contributed by atoms with Gasteiger partial charge in [-0.15, -0.1) is 0 Å². The smallest absolute Gasteiger partial charge is 0.407 e. The molecule has 4 aromatic rings. The maximum absolute atomic E-state index is 14.0. The minimum absolute atomic E-state index is 0.00880. The summed E-state index contributed by atoms with van der Waals surface area (Å²) in [7, 11) is 1.24. The Morgan fingerprint density at radius 3 is 1.70 bits per heavy atom. The number of ether oxygens (including phenoxy) is 1. The van der Waals surface area contributed by atoms with Gasteiger partial charge in [0, 0.05) is 23.2 Å². The van der Waals surface area contributed by atoms with Gasteiger partial charge in [-0.1, -0.05) is 44.0 Å². The average Bonchev–Trinajstić information content (AvgIpc) is 4.03. The molecule has 2 saturated carbocycles. The second kappa shape index (κ2) is 14.2. The van der Waals surface area contributed by atoms with Crippen molar-refractivity contribution in [2.45, 2.75) is 115 Å². The highest BCUT2D eigenvalue weighted by molar-refractivity contribution is 6.04. The number of H-pyrrole nitrogens is 2. The Hall–Kier alpha value is -5.01. The second-order valence-electron chi connectivity index (χ2n) is 16.8. The fourth-order valence-corrected chi connectivity index (χ4v) is 10.5. The molecular formula is C43H51N7O6. The van der Waals surface area contributed by atoms with Crippen molar-refractivity contribution in [1.29, 1.82) is 0 Å². The number of nitrogens with zero attached hydrogens (tertiary/aromatic N) is 4. The van der Waals surface area contributed by atoms with Crippen LogP contribution in [0.1, 0.15) is 95.9 Å². The summed E-state index contributed by atoms with van der Waals surface area (Å²) in [5, 5.41) is 23.3. The number of alkyl carbamates (subject to hydrolysis) is 1. The van der Waals surface area contributed by atoms with Crippen LogP contribution in [0.4, 0.5) is 4.79 Å². The molecule has 13 nitrogen and oxygen atoms in total. The normalized spacial score (nSPS) is 26.8. The molecule has 0 bridgehead atoms. The summed E-state index contributed by atoms with van der Waals surface area (Å²) in [6.07, 6.45) is 8.99. The van der Waals surface area contributed by atoms with Gasteiger partial charge in [0.15, 0.2) is 0 Å². The van der Waals surface area contributed by atoms with Crippen LogP contribution in [0.25, 0.3) is 44.8 Å². The number of methoxy groups -OCH3 is 1. The van der Waals surface area contributed by atoms with Gasteiger partial charge in [0.1, 0.15) is 17.7 Å². The van der Waals surface area contributed by atoms with Crippen molar-refractivity contribution in [1.82, 2.24) is 35.1 Å². The molecule has 0 radical (unpaired) electrons. The molecule has 2 aromatic carbocycles. The molecule has 3 amide bonds. The molecular weight excluding hydrogens is 711 g/mol. The zero-order chi connectivity index (χ0) is 39.0. The summed E-state index contributed by atoms with van der Waals surface area (Å²) in [6.45, 7) is 5.00. The average molecular weight is 762 g/mol. The minimum Gasteiger partial charge on any atom is -0.453 e. The van der Waals surface area contributed by atoms with Crippen molar-refractivity contribution in [3.05, 3.63) is 60.4 Å². The summed E-state index contributed by atoms with van der Waals surface area (Å²) >= 11 is 0. The lowest BCUT2D eigenvalue weighted by Crippen LogP contribution is -2.55. The fraction of sp³-hybridized carbons (Fsp3) is 0.512. The first kappa shape index (κ1) is 36.6. The Labute approximate surface area is 326 Å². The van der Waals surface area contributed by atoms with E-state index in [1.807, 2.05) is 29.1 Å². The number of nitrogens with one attached hydrogen (secondary N) is 3. The lowest BCUT2D eigenvalue weighted by atomic mass is 9.78. The summed E-state index contributed by atoms with van der Waals surface area (Å²) in [6, 6.07) is 11.6. The molecule has 294 valence electrons. The highest BCUT2D eigenvalue weighted by atomic mass is 16.5. The van der Waals surface area contributed by atoms with Crippen LogP contribution in [0.2, 0.25) is 0 Å². The van der Waals surface area contributed by atoms with E-state index < -0.39 is 30.3 Å². The first-order chi connectivity index (χ1) is 27.0. The van der Waals surface area contributed by atoms with Gasteiger partial charge in [0.2, 0.25) is 11.8 Å². The third kappa shape index (κ3) is 6.01. The van der Waals surface area contributed by atoms with E-state index in [0.29, 0.717) is 17.7 Å². The Bertz CT molecular complexity index is 2180. The van der Waals surface area contributed by atoms with Crippen LogP contribution in [0.15, 0.2) is 48.8 Å². The van der Waals surface area contributed by atoms with E-state index in [1.54, 1.807) is 6.92 Å². The van der Waals surface area contributed by atoms with E-state index in [1.165, 1.54) is 30.7 Å². The van der Waals surface area contributed by atoms with Crippen molar-refractivity contribution in [3.8, 4) is 44.8 Å². The number of aromatic amines is 2.